The summed E-state index contributed by atoms with van der Waals surface area (Å²) in [6, 6.07) is 1.82. The van der Waals surface area contributed by atoms with Crippen LogP contribution in [0.1, 0.15) is 36.9 Å². The lowest BCUT2D eigenvalue weighted by molar-refractivity contribution is 0.0519. The van der Waals surface area contributed by atoms with E-state index in [-0.39, 0.29) is 5.56 Å². The van der Waals surface area contributed by atoms with E-state index < -0.39 is 0 Å². The highest BCUT2D eigenvalue weighted by Crippen LogP contribution is 2.29. The third kappa shape index (κ3) is 2.30. The van der Waals surface area contributed by atoms with Crippen LogP contribution in [0.2, 0.25) is 0 Å². The number of fused-ring (bicyclic) bond motifs is 1. The van der Waals surface area contributed by atoms with E-state index in [1.807, 2.05) is 6.07 Å². The first kappa shape index (κ1) is 12.6. The fourth-order valence-corrected chi connectivity index (χ4v) is 3.80. The van der Waals surface area contributed by atoms with Gasteiger partial charge in [0.15, 0.2) is 0 Å². The van der Waals surface area contributed by atoms with Crippen LogP contribution in [-0.4, -0.2) is 34.3 Å². The SMILES string of the molecule is O=c1cc2c(nn1CC1CN(CC3CCC3)C1)CCC2. The molecule has 0 amide bonds. The van der Waals surface area contributed by atoms with E-state index in [0.717, 1.165) is 50.5 Å². The summed E-state index contributed by atoms with van der Waals surface area (Å²) in [5.41, 5.74) is 2.45. The average molecular weight is 273 g/mol. The molecule has 4 heteroatoms. The fourth-order valence-electron chi connectivity index (χ4n) is 3.80. The Morgan fingerprint density at radius 1 is 1.10 bits per heavy atom. The lowest BCUT2D eigenvalue weighted by Gasteiger charge is -2.43. The average Bonchev–Trinajstić information content (AvgIpc) is 2.76. The number of nitrogens with zero attached hydrogens (tertiary/aromatic N) is 3. The van der Waals surface area contributed by atoms with Crippen molar-refractivity contribution in [2.45, 2.75) is 45.1 Å². The van der Waals surface area contributed by atoms with Crippen LogP contribution < -0.4 is 5.56 Å². The van der Waals surface area contributed by atoms with E-state index in [1.165, 1.54) is 31.4 Å². The van der Waals surface area contributed by atoms with Crippen LogP contribution >= 0.6 is 0 Å². The minimum absolute atomic E-state index is 0.100. The highest BCUT2D eigenvalue weighted by molar-refractivity contribution is 5.22. The van der Waals surface area contributed by atoms with Gasteiger partial charge in [-0.25, -0.2) is 4.68 Å². The Kier molecular flexibility index (Phi) is 3.14. The molecule has 3 aliphatic rings. The van der Waals surface area contributed by atoms with E-state index in [2.05, 4.69) is 10.00 Å². The van der Waals surface area contributed by atoms with Gasteiger partial charge in [0.05, 0.1) is 12.2 Å². The summed E-state index contributed by atoms with van der Waals surface area (Å²) < 4.78 is 1.72. The molecule has 20 heavy (non-hydrogen) atoms. The third-order valence-electron chi connectivity index (χ3n) is 5.23. The topological polar surface area (TPSA) is 38.1 Å². The lowest BCUT2D eigenvalue weighted by Crippen LogP contribution is -2.51. The van der Waals surface area contributed by atoms with E-state index >= 15 is 0 Å². The molecule has 0 aromatic carbocycles. The molecule has 0 atom stereocenters. The molecule has 0 spiro atoms. The van der Waals surface area contributed by atoms with Crippen molar-refractivity contribution in [1.82, 2.24) is 14.7 Å². The Morgan fingerprint density at radius 3 is 2.70 bits per heavy atom. The number of aryl methyl sites for hydroxylation is 2. The number of hydrogen-bond donors (Lipinski definition) is 0. The molecular formula is C16H23N3O. The van der Waals surface area contributed by atoms with Crippen LogP contribution in [0.4, 0.5) is 0 Å². The normalized spacial score (nSPS) is 23.4. The standard InChI is InChI=1S/C16H23N3O/c20-16-7-14-5-2-6-15(14)17-19(16)11-13-9-18(10-13)8-12-3-1-4-12/h7,12-13H,1-6,8-11H2. The molecule has 4 nitrogen and oxygen atoms in total. The fraction of sp³-hybridized carbons (Fsp3) is 0.750. The van der Waals surface area contributed by atoms with Gasteiger partial charge in [-0.3, -0.25) is 4.79 Å². The zero-order chi connectivity index (χ0) is 13.5. The summed E-state index contributed by atoms with van der Waals surface area (Å²) in [5, 5.41) is 4.57. The first-order valence-corrected chi connectivity index (χ1v) is 8.10. The zero-order valence-electron chi connectivity index (χ0n) is 12.1. The van der Waals surface area contributed by atoms with Crippen molar-refractivity contribution in [1.29, 1.82) is 0 Å². The zero-order valence-corrected chi connectivity index (χ0v) is 12.1. The van der Waals surface area contributed by atoms with Gasteiger partial charge in [0.25, 0.3) is 5.56 Å². The largest absolute Gasteiger partial charge is 0.302 e. The molecule has 0 N–H and O–H groups in total. The highest BCUT2D eigenvalue weighted by atomic mass is 16.1. The Balaban J connectivity index is 1.35. The van der Waals surface area contributed by atoms with E-state index in [9.17, 15) is 4.79 Å². The van der Waals surface area contributed by atoms with Crippen LogP contribution in [0.25, 0.3) is 0 Å². The van der Waals surface area contributed by atoms with Gasteiger partial charge in [0.1, 0.15) is 0 Å². The molecule has 0 bridgehead atoms. The molecule has 4 rings (SSSR count). The molecule has 2 heterocycles. The first-order valence-electron chi connectivity index (χ1n) is 8.10. The maximum absolute atomic E-state index is 12.1. The smallest absolute Gasteiger partial charge is 0.267 e. The second-order valence-electron chi connectivity index (χ2n) is 6.87. The van der Waals surface area contributed by atoms with Crippen molar-refractivity contribution in [3.63, 3.8) is 0 Å². The van der Waals surface area contributed by atoms with Crippen LogP contribution in [0.3, 0.4) is 0 Å². The van der Waals surface area contributed by atoms with Gasteiger partial charge in [0.2, 0.25) is 0 Å². The van der Waals surface area contributed by atoms with Crippen LogP contribution in [0.15, 0.2) is 10.9 Å². The summed E-state index contributed by atoms with van der Waals surface area (Å²) in [6.45, 7) is 4.40. The molecule has 1 saturated heterocycles. The third-order valence-corrected chi connectivity index (χ3v) is 5.23. The summed E-state index contributed by atoms with van der Waals surface area (Å²) >= 11 is 0. The number of rotatable bonds is 4. The molecule has 1 aromatic rings. The minimum atomic E-state index is 0.100. The molecule has 108 valence electrons. The van der Waals surface area contributed by atoms with E-state index in [1.54, 1.807) is 4.68 Å². The van der Waals surface area contributed by atoms with Crippen molar-refractivity contribution in [2.75, 3.05) is 19.6 Å². The van der Waals surface area contributed by atoms with Gasteiger partial charge in [-0.1, -0.05) is 6.42 Å². The Morgan fingerprint density at radius 2 is 1.95 bits per heavy atom. The monoisotopic (exact) mass is 273 g/mol. The minimum Gasteiger partial charge on any atom is -0.302 e. The molecule has 1 saturated carbocycles. The summed E-state index contributed by atoms with van der Waals surface area (Å²) in [5.74, 6) is 1.58. The quantitative estimate of drug-likeness (QED) is 0.833. The van der Waals surface area contributed by atoms with Crippen molar-refractivity contribution in [2.24, 2.45) is 11.8 Å². The summed E-state index contributed by atoms with van der Waals surface area (Å²) in [4.78, 5) is 14.6. The molecule has 1 aromatic heterocycles. The molecule has 2 fully saturated rings. The van der Waals surface area contributed by atoms with Crippen LogP contribution in [0, 0.1) is 11.8 Å². The first-order chi connectivity index (χ1) is 9.78. The Bertz CT molecular complexity index is 555. The second kappa shape index (κ2) is 4.99. The van der Waals surface area contributed by atoms with Crippen LogP contribution in [0.5, 0.6) is 0 Å². The van der Waals surface area contributed by atoms with Gasteiger partial charge in [-0.05, 0) is 43.6 Å². The lowest BCUT2D eigenvalue weighted by atomic mass is 9.84. The number of aromatic nitrogens is 2. The van der Waals surface area contributed by atoms with Gasteiger partial charge >= 0.3 is 0 Å². The summed E-state index contributed by atoms with van der Waals surface area (Å²) in [6.07, 6.45) is 7.52. The van der Waals surface area contributed by atoms with Crippen molar-refractivity contribution in [3.05, 3.63) is 27.7 Å². The van der Waals surface area contributed by atoms with Crippen molar-refractivity contribution >= 4 is 0 Å². The van der Waals surface area contributed by atoms with Gasteiger partial charge < -0.3 is 4.90 Å². The Hall–Kier alpha value is -1.16. The molecule has 1 aliphatic heterocycles. The maximum Gasteiger partial charge on any atom is 0.267 e. The number of likely N-dealkylation sites (tertiary alicyclic amines) is 1. The molecule has 2 aliphatic carbocycles. The van der Waals surface area contributed by atoms with Crippen molar-refractivity contribution in [3.8, 4) is 0 Å². The Labute approximate surface area is 119 Å². The maximum atomic E-state index is 12.1. The van der Waals surface area contributed by atoms with E-state index in [4.69, 9.17) is 0 Å². The predicted octanol–water partition coefficient (Wildman–Crippen LogP) is 1.46. The number of hydrogen-bond acceptors (Lipinski definition) is 3. The van der Waals surface area contributed by atoms with Crippen molar-refractivity contribution < 1.29 is 0 Å². The van der Waals surface area contributed by atoms with Gasteiger partial charge in [-0.2, -0.15) is 5.10 Å². The van der Waals surface area contributed by atoms with Crippen LogP contribution in [-0.2, 0) is 19.4 Å². The molecule has 0 unspecified atom stereocenters. The molecular weight excluding hydrogens is 250 g/mol. The predicted molar refractivity (Wildman–Crippen MR) is 77.8 cm³/mol. The second-order valence-corrected chi connectivity index (χ2v) is 6.87. The van der Waals surface area contributed by atoms with Gasteiger partial charge in [-0.15, -0.1) is 0 Å². The van der Waals surface area contributed by atoms with E-state index in [0.29, 0.717) is 5.92 Å². The summed E-state index contributed by atoms with van der Waals surface area (Å²) in [7, 11) is 0. The van der Waals surface area contributed by atoms with Gasteiger partial charge in [0, 0.05) is 31.6 Å². The molecule has 0 radical (unpaired) electrons. The highest BCUT2D eigenvalue weighted by Gasteiger charge is 2.31.